The summed E-state index contributed by atoms with van der Waals surface area (Å²) in [5.74, 6) is 0.849. The number of anilines is 1. The van der Waals surface area contributed by atoms with Crippen LogP contribution >= 0.6 is 0 Å². The molecular formula is C10H13FN2. The van der Waals surface area contributed by atoms with E-state index in [4.69, 9.17) is 0 Å². The Labute approximate surface area is 77.2 Å². The second-order valence-corrected chi connectivity index (χ2v) is 3.47. The topological polar surface area (TPSA) is 24.9 Å². The zero-order valence-corrected chi connectivity index (χ0v) is 7.41. The third kappa shape index (κ3) is 2.17. The van der Waals surface area contributed by atoms with Crippen molar-refractivity contribution in [2.24, 2.45) is 0 Å². The minimum absolute atomic E-state index is 0.268. The molecule has 1 heterocycles. The van der Waals surface area contributed by atoms with Gasteiger partial charge in [-0.05, 0) is 31.4 Å². The van der Waals surface area contributed by atoms with Crippen LogP contribution in [0.2, 0.25) is 0 Å². The molecule has 0 amide bonds. The number of nitrogens with one attached hydrogen (secondary N) is 1. The third-order valence-corrected chi connectivity index (χ3v) is 2.39. The van der Waals surface area contributed by atoms with Crippen molar-refractivity contribution in [3.05, 3.63) is 24.4 Å². The van der Waals surface area contributed by atoms with Crippen LogP contribution in [-0.2, 0) is 0 Å². The van der Waals surface area contributed by atoms with Gasteiger partial charge in [-0.15, -0.1) is 0 Å². The number of nitrogens with zero attached hydrogens (tertiary/aromatic N) is 1. The number of alkyl halides is 1. The summed E-state index contributed by atoms with van der Waals surface area (Å²) < 4.78 is 12.8. The van der Waals surface area contributed by atoms with Gasteiger partial charge in [-0.25, -0.2) is 9.37 Å². The second-order valence-electron chi connectivity index (χ2n) is 3.47. The maximum absolute atomic E-state index is 12.8. The van der Waals surface area contributed by atoms with Gasteiger partial charge in [-0.2, -0.15) is 0 Å². The van der Waals surface area contributed by atoms with Gasteiger partial charge in [-0.3, -0.25) is 0 Å². The van der Waals surface area contributed by atoms with Crippen LogP contribution in [0.25, 0.3) is 0 Å². The Bertz CT molecular complexity index is 263. The molecule has 1 aliphatic carbocycles. The van der Waals surface area contributed by atoms with E-state index in [2.05, 4.69) is 10.3 Å². The first-order valence-electron chi connectivity index (χ1n) is 4.66. The van der Waals surface area contributed by atoms with E-state index in [-0.39, 0.29) is 6.04 Å². The molecule has 70 valence electrons. The molecule has 2 unspecified atom stereocenters. The molecule has 3 heteroatoms. The Morgan fingerprint density at radius 2 is 2.31 bits per heavy atom. The van der Waals surface area contributed by atoms with E-state index in [1.165, 1.54) is 0 Å². The van der Waals surface area contributed by atoms with Gasteiger partial charge in [-0.1, -0.05) is 6.07 Å². The van der Waals surface area contributed by atoms with Gasteiger partial charge in [0.05, 0.1) is 0 Å². The summed E-state index contributed by atoms with van der Waals surface area (Å²) in [7, 11) is 0. The zero-order chi connectivity index (χ0) is 9.10. The number of halogens is 1. The van der Waals surface area contributed by atoms with Crippen molar-refractivity contribution in [1.82, 2.24) is 4.98 Å². The summed E-state index contributed by atoms with van der Waals surface area (Å²) in [4.78, 5) is 4.13. The Balaban J connectivity index is 1.92. The van der Waals surface area contributed by atoms with E-state index in [1.807, 2.05) is 18.2 Å². The summed E-state index contributed by atoms with van der Waals surface area (Å²) in [6, 6.07) is 5.98. The second kappa shape index (κ2) is 3.73. The van der Waals surface area contributed by atoms with Gasteiger partial charge < -0.3 is 5.32 Å². The summed E-state index contributed by atoms with van der Waals surface area (Å²) in [6.07, 6.45) is 3.34. The van der Waals surface area contributed by atoms with Gasteiger partial charge in [0.25, 0.3) is 0 Å². The molecule has 1 saturated carbocycles. The molecule has 2 nitrogen and oxygen atoms in total. The fourth-order valence-electron chi connectivity index (χ4n) is 1.71. The van der Waals surface area contributed by atoms with E-state index in [9.17, 15) is 4.39 Å². The number of rotatable bonds is 2. The van der Waals surface area contributed by atoms with E-state index in [0.29, 0.717) is 12.8 Å². The monoisotopic (exact) mass is 180 g/mol. The summed E-state index contributed by atoms with van der Waals surface area (Å²) in [5, 5.41) is 3.22. The quantitative estimate of drug-likeness (QED) is 0.755. The zero-order valence-electron chi connectivity index (χ0n) is 7.41. The molecule has 0 aliphatic heterocycles. The lowest BCUT2D eigenvalue weighted by molar-refractivity contribution is 0.341. The van der Waals surface area contributed by atoms with Crippen molar-refractivity contribution in [3.8, 4) is 0 Å². The third-order valence-electron chi connectivity index (χ3n) is 2.39. The molecule has 2 atom stereocenters. The van der Waals surface area contributed by atoms with Crippen LogP contribution in [0.4, 0.5) is 10.2 Å². The van der Waals surface area contributed by atoms with E-state index in [0.717, 1.165) is 12.2 Å². The van der Waals surface area contributed by atoms with Crippen molar-refractivity contribution >= 4 is 5.82 Å². The maximum Gasteiger partial charge on any atom is 0.126 e. The molecule has 13 heavy (non-hydrogen) atoms. The highest BCUT2D eigenvalue weighted by molar-refractivity contribution is 5.34. The Hall–Kier alpha value is -1.12. The van der Waals surface area contributed by atoms with Crippen molar-refractivity contribution in [1.29, 1.82) is 0 Å². The van der Waals surface area contributed by atoms with E-state index in [1.54, 1.807) is 6.20 Å². The van der Waals surface area contributed by atoms with Crippen LogP contribution in [0.5, 0.6) is 0 Å². The molecule has 1 aromatic rings. The molecule has 0 spiro atoms. The first kappa shape index (κ1) is 8.48. The van der Waals surface area contributed by atoms with Crippen LogP contribution in [0.3, 0.4) is 0 Å². The van der Waals surface area contributed by atoms with Crippen molar-refractivity contribution < 1.29 is 4.39 Å². The van der Waals surface area contributed by atoms with Crippen LogP contribution in [0.15, 0.2) is 24.4 Å². The first-order valence-corrected chi connectivity index (χ1v) is 4.66. The average molecular weight is 180 g/mol. The minimum atomic E-state index is -0.624. The number of hydrogen-bond acceptors (Lipinski definition) is 2. The van der Waals surface area contributed by atoms with Crippen LogP contribution in [-0.4, -0.2) is 17.2 Å². The van der Waals surface area contributed by atoms with Gasteiger partial charge in [0.2, 0.25) is 0 Å². The molecule has 0 bridgehead atoms. The highest BCUT2D eigenvalue weighted by Gasteiger charge is 2.23. The van der Waals surface area contributed by atoms with Gasteiger partial charge in [0.1, 0.15) is 12.0 Å². The van der Waals surface area contributed by atoms with E-state index >= 15 is 0 Å². The lowest BCUT2D eigenvalue weighted by Crippen LogP contribution is -2.16. The largest absolute Gasteiger partial charge is 0.367 e. The van der Waals surface area contributed by atoms with Crippen molar-refractivity contribution in [3.63, 3.8) is 0 Å². The molecule has 1 aliphatic rings. The van der Waals surface area contributed by atoms with E-state index < -0.39 is 6.17 Å². The molecule has 1 aromatic heterocycles. The average Bonchev–Trinajstić information content (AvgIpc) is 2.53. The summed E-state index contributed by atoms with van der Waals surface area (Å²) >= 11 is 0. The smallest absolute Gasteiger partial charge is 0.126 e. The number of pyridine rings is 1. The molecule has 1 N–H and O–H groups in total. The van der Waals surface area contributed by atoms with Crippen molar-refractivity contribution in [2.45, 2.75) is 31.5 Å². The fourth-order valence-corrected chi connectivity index (χ4v) is 1.71. The molecule has 0 saturated heterocycles. The molecular weight excluding hydrogens is 167 g/mol. The number of aromatic nitrogens is 1. The summed E-state index contributed by atoms with van der Waals surface area (Å²) in [6.45, 7) is 0. The Morgan fingerprint density at radius 3 is 2.92 bits per heavy atom. The fraction of sp³-hybridized carbons (Fsp3) is 0.500. The predicted octanol–water partition coefficient (Wildman–Crippen LogP) is 2.38. The molecule has 0 aromatic carbocycles. The SMILES string of the molecule is FC1CCC(Nc2ccccn2)C1. The predicted molar refractivity (Wildman–Crippen MR) is 50.4 cm³/mol. The number of hydrogen-bond donors (Lipinski definition) is 1. The standard InChI is InChI=1S/C10H13FN2/c11-8-4-5-9(7-8)13-10-3-1-2-6-12-10/h1-3,6,8-9H,4-5,7H2,(H,12,13). The maximum atomic E-state index is 12.8. The van der Waals surface area contributed by atoms with Crippen LogP contribution in [0, 0.1) is 0 Å². The lowest BCUT2D eigenvalue weighted by atomic mass is 10.2. The highest BCUT2D eigenvalue weighted by atomic mass is 19.1. The highest BCUT2D eigenvalue weighted by Crippen LogP contribution is 2.24. The van der Waals surface area contributed by atoms with Crippen LogP contribution in [0.1, 0.15) is 19.3 Å². The lowest BCUT2D eigenvalue weighted by Gasteiger charge is -2.11. The van der Waals surface area contributed by atoms with Crippen molar-refractivity contribution in [2.75, 3.05) is 5.32 Å². The normalized spacial score (nSPS) is 27.5. The molecule has 2 rings (SSSR count). The van der Waals surface area contributed by atoms with Gasteiger partial charge in [0.15, 0.2) is 0 Å². The summed E-state index contributed by atoms with van der Waals surface area (Å²) in [5.41, 5.74) is 0. The van der Waals surface area contributed by atoms with Gasteiger partial charge in [0, 0.05) is 12.2 Å². The van der Waals surface area contributed by atoms with Gasteiger partial charge >= 0.3 is 0 Å². The minimum Gasteiger partial charge on any atom is -0.367 e. The van der Waals surface area contributed by atoms with Crippen LogP contribution < -0.4 is 5.32 Å². The first-order chi connectivity index (χ1) is 6.34. The molecule has 1 fully saturated rings. The Kier molecular flexibility index (Phi) is 2.43. The Morgan fingerprint density at radius 1 is 1.38 bits per heavy atom. The molecule has 0 radical (unpaired) electrons.